The maximum absolute atomic E-state index is 10.7. The van der Waals surface area contributed by atoms with E-state index in [2.05, 4.69) is 18.2 Å². The summed E-state index contributed by atoms with van der Waals surface area (Å²) in [5.74, 6) is -0.958. The second kappa shape index (κ2) is 6.16. The molecule has 0 amide bonds. The SMILES string of the molecule is N[C@@H](CC1=CCC(=Cc2ccccc2)C=C1)C(=O)O. The van der Waals surface area contributed by atoms with Crippen molar-refractivity contribution in [3.63, 3.8) is 0 Å². The number of hydrogen-bond donors (Lipinski definition) is 2. The summed E-state index contributed by atoms with van der Waals surface area (Å²) in [5, 5.41) is 8.77. The molecule has 1 aromatic rings. The van der Waals surface area contributed by atoms with Gasteiger partial charge in [-0.3, -0.25) is 4.79 Å². The molecule has 1 aliphatic rings. The molecule has 0 radical (unpaired) electrons. The molecule has 0 aromatic heterocycles. The van der Waals surface area contributed by atoms with E-state index in [1.807, 2.05) is 36.4 Å². The molecule has 0 saturated heterocycles. The Kier molecular flexibility index (Phi) is 4.31. The maximum atomic E-state index is 10.7. The first-order valence-corrected chi connectivity index (χ1v) is 6.26. The second-order valence-electron chi connectivity index (χ2n) is 4.60. The van der Waals surface area contributed by atoms with Crippen LogP contribution in [0.3, 0.4) is 0 Å². The van der Waals surface area contributed by atoms with Gasteiger partial charge in [0.1, 0.15) is 6.04 Å². The predicted molar refractivity (Wildman–Crippen MR) is 76.5 cm³/mol. The highest BCUT2D eigenvalue weighted by Crippen LogP contribution is 2.20. The monoisotopic (exact) mass is 255 g/mol. The van der Waals surface area contributed by atoms with Gasteiger partial charge in [-0.05, 0) is 29.6 Å². The number of aliphatic carboxylic acids is 1. The Balaban J connectivity index is 1.99. The first-order valence-electron chi connectivity index (χ1n) is 6.26. The average molecular weight is 255 g/mol. The molecule has 0 spiro atoms. The molecule has 0 heterocycles. The number of carbonyl (C=O) groups is 1. The minimum atomic E-state index is -0.958. The lowest BCUT2D eigenvalue weighted by Gasteiger charge is -2.12. The first-order chi connectivity index (χ1) is 9.15. The summed E-state index contributed by atoms with van der Waals surface area (Å²) >= 11 is 0. The number of benzene rings is 1. The van der Waals surface area contributed by atoms with Gasteiger partial charge in [0.25, 0.3) is 0 Å². The highest BCUT2D eigenvalue weighted by Gasteiger charge is 2.13. The van der Waals surface area contributed by atoms with Crippen LogP contribution in [0.25, 0.3) is 6.08 Å². The molecule has 3 N–H and O–H groups in total. The molecule has 0 unspecified atom stereocenters. The summed E-state index contributed by atoms with van der Waals surface area (Å²) in [5.41, 5.74) is 8.88. The van der Waals surface area contributed by atoms with Crippen molar-refractivity contribution in [3.05, 3.63) is 65.3 Å². The lowest BCUT2D eigenvalue weighted by Crippen LogP contribution is -2.30. The molecular formula is C16H17NO2. The van der Waals surface area contributed by atoms with Crippen LogP contribution >= 0.6 is 0 Å². The molecular weight excluding hydrogens is 238 g/mol. The van der Waals surface area contributed by atoms with Crippen LogP contribution in [0.15, 0.2) is 59.7 Å². The molecule has 3 heteroatoms. The Morgan fingerprint density at radius 1 is 1.32 bits per heavy atom. The fourth-order valence-electron chi connectivity index (χ4n) is 1.96. The molecule has 1 atom stereocenters. The molecule has 19 heavy (non-hydrogen) atoms. The summed E-state index contributed by atoms with van der Waals surface area (Å²) < 4.78 is 0. The van der Waals surface area contributed by atoms with Crippen molar-refractivity contribution < 1.29 is 9.90 Å². The molecule has 2 rings (SSSR count). The molecule has 1 aliphatic carbocycles. The minimum absolute atomic E-state index is 0.379. The standard InChI is InChI=1S/C16H17NO2/c17-15(16(18)19)11-14-8-6-13(7-9-14)10-12-4-2-1-3-5-12/h1-6,8-10,15H,7,11,17H2,(H,18,19)/t15-/m0/s1. The van der Waals surface area contributed by atoms with E-state index >= 15 is 0 Å². The van der Waals surface area contributed by atoms with Gasteiger partial charge in [-0.15, -0.1) is 0 Å². The lowest BCUT2D eigenvalue weighted by atomic mass is 9.96. The summed E-state index contributed by atoms with van der Waals surface area (Å²) in [6.07, 6.45) is 9.33. The van der Waals surface area contributed by atoms with E-state index in [-0.39, 0.29) is 0 Å². The molecule has 0 aliphatic heterocycles. The number of hydrogen-bond acceptors (Lipinski definition) is 2. The van der Waals surface area contributed by atoms with E-state index in [9.17, 15) is 4.79 Å². The van der Waals surface area contributed by atoms with Crippen LogP contribution in [-0.4, -0.2) is 17.1 Å². The highest BCUT2D eigenvalue weighted by molar-refractivity contribution is 5.73. The lowest BCUT2D eigenvalue weighted by molar-refractivity contribution is -0.138. The Hall–Kier alpha value is -2.13. The third kappa shape index (κ3) is 3.93. The third-order valence-electron chi connectivity index (χ3n) is 3.04. The molecule has 0 saturated carbocycles. The Bertz CT molecular complexity index is 541. The Morgan fingerprint density at radius 3 is 2.63 bits per heavy atom. The van der Waals surface area contributed by atoms with Crippen molar-refractivity contribution in [2.24, 2.45) is 5.73 Å². The highest BCUT2D eigenvalue weighted by atomic mass is 16.4. The third-order valence-corrected chi connectivity index (χ3v) is 3.04. The number of allylic oxidation sites excluding steroid dienone is 4. The zero-order valence-corrected chi connectivity index (χ0v) is 10.6. The predicted octanol–water partition coefficient (Wildman–Crippen LogP) is 2.76. The van der Waals surface area contributed by atoms with Gasteiger partial charge >= 0.3 is 5.97 Å². The van der Waals surface area contributed by atoms with Gasteiger partial charge in [-0.25, -0.2) is 0 Å². The molecule has 0 fully saturated rings. The van der Waals surface area contributed by atoms with E-state index in [0.717, 1.165) is 12.0 Å². The Labute approximate surface area is 112 Å². The van der Waals surface area contributed by atoms with Gasteiger partial charge in [0.05, 0.1) is 0 Å². The smallest absolute Gasteiger partial charge is 0.320 e. The van der Waals surface area contributed by atoms with E-state index in [1.54, 1.807) is 0 Å². The maximum Gasteiger partial charge on any atom is 0.320 e. The van der Waals surface area contributed by atoms with Crippen LogP contribution in [0.2, 0.25) is 0 Å². The molecule has 3 nitrogen and oxygen atoms in total. The molecule has 98 valence electrons. The van der Waals surface area contributed by atoms with Gasteiger partial charge in [0.15, 0.2) is 0 Å². The van der Waals surface area contributed by atoms with E-state index in [4.69, 9.17) is 10.8 Å². The van der Waals surface area contributed by atoms with Crippen molar-refractivity contribution in [1.82, 2.24) is 0 Å². The van der Waals surface area contributed by atoms with Crippen LogP contribution in [0, 0.1) is 0 Å². The molecule has 0 bridgehead atoms. The first kappa shape index (κ1) is 13.3. The fraction of sp³-hybridized carbons (Fsp3) is 0.188. The van der Waals surface area contributed by atoms with E-state index < -0.39 is 12.0 Å². The summed E-state index contributed by atoms with van der Waals surface area (Å²) in [6, 6.07) is 9.29. The fourth-order valence-corrected chi connectivity index (χ4v) is 1.96. The Morgan fingerprint density at radius 2 is 2.05 bits per heavy atom. The van der Waals surface area contributed by atoms with Crippen LogP contribution < -0.4 is 5.73 Å². The normalized spacial score (nSPS) is 18.2. The summed E-state index contributed by atoms with van der Waals surface area (Å²) in [4.78, 5) is 10.7. The van der Waals surface area contributed by atoms with E-state index in [1.165, 1.54) is 11.1 Å². The zero-order chi connectivity index (χ0) is 13.7. The summed E-state index contributed by atoms with van der Waals surface area (Å²) in [7, 11) is 0. The van der Waals surface area contributed by atoms with Crippen molar-refractivity contribution in [2.75, 3.05) is 0 Å². The van der Waals surface area contributed by atoms with Crippen LogP contribution in [-0.2, 0) is 4.79 Å². The number of nitrogens with two attached hydrogens (primary N) is 1. The van der Waals surface area contributed by atoms with Crippen molar-refractivity contribution in [1.29, 1.82) is 0 Å². The average Bonchev–Trinajstić information content (AvgIpc) is 2.42. The van der Waals surface area contributed by atoms with Gasteiger partial charge in [-0.2, -0.15) is 0 Å². The van der Waals surface area contributed by atoms with Gasteiger partial charge in [0.2, 0.25) is 0 Å². The number of carboxylic acid groups (broad SMARTS) is 1. The van der Waals surface area contributed by atoms with Gasteiger partial charge < -0.3 is 10.8 Å². The van der Waals surface area contributed by atoms with Crippen LogP contribution in [0.1, 0.15) is 18.4 Å². The van der Waals surface area contributed by atoms with Gasteiger partial charge in [-0.1, -0.05) is 54.6 Å². The number of carboxylic acids is 1. The van der Waals surface area contributed by atoms with Crippen molar-refractivity contribution >= 4 is 12.0 Å². The summed E-state index contributed by atoms with van der Waals surface area (Å²) in [6.45, 7) is 0. The molecule has 1 aromatic carbocycles. The quantitative estimate of drug-likeness (QED) is 0.869. The minimum Gasteiger partial charge on any atom is -0.480 e. The van der Waals surface area contributed by atoms with E-state index in [0.29, 0.717) is 6.42 Å². The largest absolute Gasteiger partial charge is 0.480 e. The van der Waals surface area contributed by atoms with Crippen LogP contribution in [0.4, 0.5) is 0 Å². The van der Waals surface area contributed by atoms with Gasteiger partial charge in [0, 0.05) is 0 Å². The topological polar surface area (TPSA) is 63.3 Å². The van der Waals surface area contributed by atoms with Crippen molar-refractivity contribution in [2.45, 2.75) is 18.9 Å². The second-order valence-corrected chi connectivity index (χ2v) is 4.60. The number of rotatable bonds is 4. The zero-order valence-electron chi connectivity index (χ0n) is 10.6. The van der Waals surface area contributed by atoms with Crippen LogP contribution in [0.5, 0.6) is 0 Å². The van der Waals surface area contributed by atoms with Crippen molar-refractivity contribution in [3.8, 4) is 0 Å².